The zero-order chi connectivity index (χ0) is 19.3. The van der Waals surface area contributed by atoms with E-state index in [1.54, 1.807) is 18.3 Å². The fourth-order valence-corrected chi connectivity index (χ4v) is 3.78. The maximum Gasteiger partial charge on any atom is 0.227 e. The van der Waals surface area contributed by atoms with Gasteiger partial charge in [0.25, 0.3) is 0 Å². The summed E-state index contributed by atoms with van der Waals surface area (Å²) in [5.74, 6) is 1.11. The maximum atomic E-state index is 14.4. The number of benzene rings is 1. The third-order valence-electron chi connectivity index (χ3n) is 5.13. The third kappa shape index (κ3) is 3.99. The summed E-state index contributed by atoms with van der Waals surface area (Å²) in [6, 6.07) is 8.72. The van der Waals surface area contributed by atoms with Crippen LogP contribution < -0.4 is 15.1 Å². The van der Waals surface area contributed by atoms with Crippen LogP contribution in [0.3, 0.4) is 0 Å². The number of piperidine rings is 1. The highest BCUT2D eigenvalue weighted by molar-refractivity contribution is 5.61. The molecule has 0 aliphatic carbocycles. The molecule has 1 N–H and O–H groups in total. The van der Waals surface area contributed by atoms with E-state index in [-0.39, 0.29) is 11.9 Å². The second-order valence-corrected chi connectivity index (χ2v) is 7.02. The predicted octanol–water partition coefficient (Wildman–Crippen LogP) is 2.40. The van der Waals surface area contributed by atoms with Crippen LogP contribution in [-0.2, 0) is 4.74 Å². The van der Waals surface area contributed by atoms with Crippen molar-refractivity contribution in [3.05, 3.63) is 41.8 Å². The number of rotatable bonds is 4. The van der Waals surface area contributed by atoms with Gasteiger partial charge in [-0.25, -0.2) is 9.37 Å². The fourth-order valence-electron chi connectivity index (χ4n) is 3.78. The average Bonchev–Trinajstić information content (AvgIpc) is 2.74. The summed E-state index contributed by atoms with van der Waals surface area (Å²) < 4.78 is 19.8. The number of anilines is 3. The minimum Gasteiger partial charge on any atom is -0.378 e. The van der Waals surface area contributed by atoms with Crippen LogP contribution >= 0.6 is 0 Å². The lowest BCUT2D eigenvalue weighted by molar-refractivity contribution is 0.122. The first-order chi connectivity index (χ1) is 13.7. The van der Waals surface area contributed by atoms with Crippen molar-refractivity contribution in [2.75, 3.05) is 54.5 Å². The number of hydrogen-bond donors (Lipinski definition) is 1. The summed E-state index contributed by atoms with van der Waals surface area (Å²) in [4.78, 5) is 13.1. The second-order valence-electron chi connectivity index (χ2n) is 7.02. The zero-order valence-corrected chi connectivity index (χ0v) is 15.6. The first-order valence-corrected chi connectivity index (χ1v) is 9.60. The summed E-state index contributed by atoms with van der Waals surface area (Å²) >= 11 is 0. The van der Waals surface area contributed by atoms with Crippen molar-refractivity contribution in [1.29, 1.82) is 5.26 Å². The summed E-state index contributed by atoms with van der Waals surface area (Å²) in [6.45, 7) is 4.28. The molecule has 2 aromatic rings. The molecule has 0 bridgehead atoms. The molecule has 146 valence electrons. The summed E-state index contributed by atoms with van der Waals surface area (Å²) in [5, 5.41) is 12.8. The number of nitriles is 1. The lowest BCUT2D eigenvalue weighted by Crippen LogP contribution is -2.43. The van der Waals surface area contributed by atoms with E-state index < -0.39 is 0 Å². The van der Waals surface area contributed by atoms with Crippen LogP contribution in [0.15, 0.2) is 30.5 Å². The van der Waals surface area contributed by atoms with E-state index >= 15 is 0 Å². The highest BCUT2D eigenvalue weighted by Crippen LogP contribution is 2.28. The average molecular weight is 382 g/mol. The Morgan fingerprint density at radius 3 is 2.86 bits per heavy atom. The quantitative estimate of drug-likeness (QED) is 0.870. The minimum atomic E-state index is -0.351. The van der Waals surface area contributed by atoms with Crippen LogP contribution in [0.25, 0.3) is 0 Å². The molecule has 2 aliphatic heterocycles. The molecule has 0 saturated carbocycles. The van der Waals surface area contributed by atoms with Gasteiger partial charge in [-0.3, -0.25) is 0 Å². The van der Waals surface area contributed by atoms with Crippen LogP contribution in [-0.4, -0.2) is 55.4 Å². The molecule has 0 amide bonds. The smallest absolute Gasteiger partial charge is 0.227 e. The molecule has 28 heavy (non-hydrogen) atoms. The lowest BCUT2D eigenvalue weighted by atomic mass is 10.0. The van der Waals surface area contributed by atoms with Gasteiger partial charge in [0.05, 0.1) is 24.5 Å². The van der Waals surface area contributed by atoms with E-state index in [0.717, 1.165) is 38.3 Å². The molecule has 7 nitrogen and oxygen atoms in total. The second kappa shape index (κ2) is 8.40. The minimum absolute atomic E-state index is 0.118. The van der Waals surface area contributed by atoms with Crippen molar-refractivity contribution in [3.63, 3.8) is 0 Å². The van der Waals surface area contributed by atoms with Gasteiger partial charge in [-0.15, -0.1) is 0 Å². The summed E-state index contributed by atoms with van der Waals surface area (Å²) in [6.07, 6.45) is 3.63. The molecule has 0 radical (unpaired) electrons. The molecular weight excluding hydrogens is 359 g/mol. The van der Waals surface area contributed by atoms with Gasteiger partial charge in [-0.05, 0) is 31.0 Å². The molecule has 0 spiro atoms. The van der Waals surface area contributed by atoms with Crippen molar-refractivity contribution < 1.29 is 9.13 Å². The Morgan fingerprint density at radius 1 is 1.18 bits per heavy atom. The molecule has 1 aromatic carbocycles. The van der Waals surface area contributed by atoms with Crippen LogP contribution in [0, 0.1) is 17.1 Å². The molecule has 2 fully saturated rings. The van der Waals surface area contributed by atoms with Crippen molar-refractivity contribution in [2.45, 2.75) is 18.9 Å². The van der Waals surface area contributed by atoms with Crippen LogP contribution in [0.5, 0.6) is 0 Å². The molecule has 8 heteroatoms. The van der Waals surface area contributed by atoms with Gasteiger partial charge in [0, 0.05) is 38.4 Å². The molecule has 1 unspecified atom stereocenters. The number of nitrogens with zero attached hydrogens (tertiary/aromatic N) is 5. The Bertz CT molecular complexity index is 864. The highest BCUT2D eigenvalue weighted by Gasteiger charge is 2.24. The first kappa shape index (κ1) is 18.4. The van der Waals surface area contributed by atoms with E-state index in [2.05, 4.69) is 26.3 Å². The van der Waals surface area contributed by atoms with E-state index in [1.807, 2.05) is 11.0 Å². The Kier molecular flexibility index (Phi) is 5.53. The van der Waals surface area contributed by atoms with Crippen LogP contribution in [0.4, 0.5) is 21.8 Å². The van der Waals surface area contributed by atoms with Crippen molar-refractivity contribution in [2.24, 2.45) is 0 Å². The largest absolute Gasteiger partial charge is 0.378 e. The topological polar surface area (TPSA) is 77.3 Å². The van der Waals surface area contributed by atoms with Crippen molar-refractivity contribution in [1.82, 2.24) is 9.97 Å². The number of morpholine rings is 1. The van der Waals surface area contributed by atoms with E-state index in [0.29, 0.717) is 37.0 Å². The molecule has 3 heterocycles. The van der Waals surface area contributed by atoms with Crippen molar-refractivity contribution in [3.8, 4) is 6.07 Å². The van der Waals surface area contributed by atoms with Gasteiger partial charge in [0.15, 0.2) is 0 Å². The van der Waals surface area contributed by atoms with E-state index in [4.69, 9.17) is 4.74 Å². The van der Waals surface area contributed by atoms with Gasteiger partial charge in [-0.1, -0.05) is 6.07 Å². The Balaban J connectivity index is 1.47. The van der Waals surface area contributed by atoms with Gasteiger partial charge in [0.1, 0.15) is 17.7 Å². The third-order valence-corrected chi connectivity index (χ3v) is 5.13. The molecular formula is C20H23FN6O. The molecule has 1 atom stereocenters. The van der Waals surface area contributed by atoms with Gasteiger partial charge >= 0.3 is 0 Å². The normalized spacial score (nSPS) is 19.9. The molecule has 4 rings (SSSR count). The fraction of sp³-hybridized carbons (Fsp3) is 0.450. The Hall–Kier alpha value is -2.92. The Morgan fingerprint density at radius 2 is 2.04 bits per heavy atom. The van der Waals surface area contributed by atoms with Gasteiger partial charge in [0.2, 0.25) is 5.95 Å². The van der Waals surface area contributed by atoms with Crippen LogP contribution in [0.1, 0.15) is 18.4 Å². The van der Waals surface area contributed by atoms with E-state index in [1.165, 1.54) is 6.07 Å². The van der Waals surface area contributed by atoms with Crippen LogP contribution in [0.2, 0.25) is 0 Å². The Labute approximate surface area is 163 Å². The monoisotopic (exact) mass is 382 g/mol. The molecule has 2 saturated heterocycles. The number of para-hydroxylation sites is 1. The first-order valence-electron chi connectivity index (χ1n) is 9.60. The summed E-state index contributed by atoms with van der Waals surface area (Å²) in [7, 11) is 0. The lowest BCUT2D eigenvalue weighted by Gasteiger charge is -2.35. The number of aromatic nitrogens is 2. The zero-order valence-electron chi connectivity index (χ0n) is 15.6. The highest BCUT2D eigenvalue weighted by atomic mass is 19.1. The number of nitrogens with one attached hydrogen (secondary N) is 1. The molecule has 1 aromatic heterocycles. The summed E-state index contributed by atoms with van der Waals surface area (Å²) in [5.41, 5.74) is 0.769. The van der Waals surface area contributed by atoms with Crippen molar-refractivity contribution >= 4 is 17.5 Å². The van der Waals surface area contributed by atoms with Gasteiger partial charge < -0.3 is 19.9 Å². The van der Waals surface area contributed by atoms with E-state index in [9.17, 15) is 9.65 Å². The number of hydrogen-bond acceptors (Lipinski definition) is 7. The number of ether oxygens (including phenoxy) is 1. The standard InChI is InChI=1S/C20H23FN6O/c21-17-5-1-3-15(13-22)19(17)27-8-2-4-16(14-27)24-18-6-7-23-20(25-18)26-9-11-28-12-10-26/h1,3,5-7,16H,2,4,8-12,14H2,(H,23,24,25). The maximum absolute atomic E-state index is 14.4. The predicted molar refractivity (Wildman–Crippen MR) is 105 cm³/mol. The van der Waals surface area contributed by atoms with Gasteiger partial charge in [-0.2, -0.15) is 10.2 Å². The number of halogens is 1. The SMILES string of the molecule is N#Cc1cccc(F)c1N1CCCC(Nc2ccnc(N3CCOCC3)n2)C1. The molecule has 2 aliphatic rings.